The maximum absolute atomic E-state index is 11.1. The van der Waals surface area contributed by atoms with E-state index in [1.165, 1.54) is 7.11 Å². The Morgan fingerprint density at radius 3 is 3.00 bits per heavy atom. The first kappa shape index (κ1) is 10.6. The molecule has 1 aliphatic rings. The topological polar surface area (TPSA) is 69.7 Å². The minimum Gasteiger partial charge on any atom is -0.594 e. The van der Waals surface area contributed by atoms with E-state index in [1.54, 1.807) is 4.90 Å². The number of nitrogens with zero attached hydrogens (tertiary/aromatic N) is 1. The second-order valence-electron chi connectivity index (χ2n) is 2.97. The van der Waals surface area contributed by atoms with Crippen molar-refractivity contribution in [2.75, 3.05) is 19.9 Å². The van der Waals surface area contributed by atoms with Crippen LogP contribution in [0.1, 0.15) is 12.8 Å². The predicted molar refractivity (Wildman–Crippen MR) is 44.2 cm³/mol. The zero-order chi connectivity index (χ0) is 9.84. The molecule has 1 rings (SSSR count). The number of methoxy groups -OCH3 is 1. The SMILES string of the molecule is COC(=O)[C@@H]1CCCN1C[P+](=O)[O-]. The summed E-state index contributed by atoms with van der Waals surface area (Å²) in [5.41, 5.74) is 0. The molecule has 6 heteroatoms. The molecule has 0 aromatic heterocycles. The van der Waals surface area contributed by atoms with Gasteiger partial charge in [0.25, 0.3) is 0 Å². The average Bonchev–Trinajstić information content (AvgIpc) is 2.50. The van der Waals surface area contributed by atoms with Gasteiger partial charge in [-0.05, 0) is 12.8 Å². The summed E-state index contributed by atoms with van der Waals surface area (Å²) in [5.74, 6) is -0.339. The summed E-state index contributed by atoms with van der Waals surface area (Å²) >= 11 is 0. The van der Waals surface area contributed by atoms with Crippen LogP contribution in [0.2, 0.25) is 0 Å². The number of carbonyl (C=O) groups is 1. The maximum Gasteiger partial charge on any atom is 0.324 e. The zero-order valence-electron chi connectivity index (χ0n) is 7.43. The van der Waals surface area contributed by atoms with E-state index < -0.39 is 8.03 Å². The van der Waals surface area contributed by atoms with Crippen LogP contribution >= 0.6 is 8.03 Å². The zero-order valence-corrected chi connectivity index (χ0v) is 8.33. The Morgan fingerprint density at radius 1 is 1.77 bits per heavy atom. The first-order valence-corrected chi connectivity index (χ1v) is 5.45. The van der Waals surface area contributed by atoms with Crippen LogP contribution in [0.25, 0.3) is 0 Å². The van der Waals surface area contributed by atoms with E-state index in [9.17, 15) is 14.3 Å². The molecule has 1 saturated heterocycles. The first-order chi connectivity index (χ1) is 6.15. The summed E-state index contributed by atoms with van der Waals surface area (Å²) in [6.45, 7) is 0.656. The Kier molecular flexibility index (Phi) is 3.78. The number of hydrogen-bond acceptors (Lipinski definition) is 5. The molecule has 0 radical (unpaired) electrons. The second kappa shape index (κ2) is 4.65. The highest BCUT2D eigenvalue weighted by Gasteiger charge is 2.33. The van der Waals surface area contributed by atoms with Crippen molar-refractivity contribution < 1.29 is 19.0 Å². The van der Waals surface area contributed by atoms with Gasteiger partial charge >= 0.3 is 14.0 Å². The van der Waals surface area contributed by atoms with Gasteiger partial charge < -0.3 is 9.63 Å². The number of hydrogen-bond donors (Lipinski definition) is 0. The fourth-order valence-electron chi connectivity index (χ4n) is 1.55. The summed E-state index contributed by atoms with van der Waals surface area (Å²) in [5, 5.41) is 0. The predicted octanol–water partition coefficient (Wildman–Crippen LogP) is -0.316. The van der Waals surface area contributed by atoms with Gasteiger partial charge in [0, 0.05) is 6.54 Å². The molecule has 0 aromatic carbocycles. The van der Waals surface area contributed by atoms with Gasteiger partial charge in [-0.15, -0.1) is 0 Å². The molecule has 0 saturated carbocycles. The third-order valence-corrected chi connectivity index (χ3v) is 2.73. The van der Waals surface area contributed by atoms with Crippen LogP contribution in [0.5, 0.6) is 0 Å². The normalized spacial score (nSPS) is 24.5. The molecule has 1 aliphatic heterocycles. The molecule has 1 fully saturated rings. The molecule has 13 heavy (non-hydrogen) atoms. The molecule has 0 aliphatic carbocycles. The van der Waals surface area contributed by atoms with Crippen LogP contribution in [0.3, 0.4) is 0 Å². The van der Waals surface area contributed by atoms with Crippen LogP contribution < -0.4 is 4.89 Å². The lowest BCUT2D eigenvalue weighted by Crippen LogP contribution is -2.37. The van der Waals surface area contributed by atoms with Crippen LogP contribution in [-0.2, 0) is 14.1 Å². The van der Waals surface area contributed by atoms with Gasteiger partial charge in [-0.25, -0.2) is 4.90 Å². The lowest BCUT2D eigenvalue weighted by Gasteiger charge is -2.17. The fraction of sp³-hybridized carbons (Fsp3) is 0.857. The van der Waals surface area contributed by atoms with Crippen LogP contribution in [-0.4, -0.2) is 36.9 Å². The van der Waals surface area contributed by atoms with Gasteiger partial charge in [0.15, 0.2) is 6.29 Å². The van der Waals surface area contributed by atoms with E-state index in [0.717, 1.165) is 6.42 Å². The van der Waals surface area contributed by atoms with Gasteiger partial charge in [-0.1, -0.05) is 4.57 Å². The average molecular weight is 205 g/mol. The van der Waals surface area contributed by atoms with E-state index in [0.29, 0.717) is 13.0 Å². The number of likely N-dealkylation sites (tertiary alicyclic amines) is 1. The van der Waals surface area contributed by atoms with Crippen molar-refractivity contribution in [2.24, 2.45) is 0 Å². The van der Waals surface area contributed by atoms with Crippen molar-refractivity contribution in [3.8, 4) is 0 Å². The van der Waals surface area contributed by atoms with Crippen molar-refractivity contribution >= 4 is 14.0 Å². The number of rotatable bonds is 3. The van der Waals surface area contributed by atoms with Crippen LogP contribution in [0.15, 0.2) is 0 Å². The van der Waals surface area contributed by atoms with Crippen molar-refractivity contribution in [1.82, 2.24) is 4.90 Å². The van der Waals surface area contributed by atoms with E-state index in [1.807, 2.05) is 0 Å². The molecule has 0 bridgehead atoms. The second-order valence-corrected chi connectivity index (χ2v) is 3.92. The minimum atomic E-state index is -2.45. The monoisotopic (exact) mass is 205 g/mol. The smallest absolute Gasteiger partial charge is 0.324 e. The fourth-order valence-corrected chi connectivity index (χ4v) is 2.18. The van der Waals surface area contributed by atoms with Gasteiger partial charge in [-0.2, -0.15) is 0 Å². The Labute approximate surface area is 77.5 Å². The summed E-state index contributed by atoms with van der Waals surface area (Å²) in [6, 6.07) is -0.363. The highest BCUT2D eigenvalue weighted by molar-refractivity contribution is 7.36. The highest BCUT2D eigenvalue weighted by atomic mass is 31.1. The molecular weight excluding hydrogens is 193 g/mol. The third kappa shape index (κ3) is 2.72. The largest absolute Gasteiger partial charge is 0.594 e. The summed E-state index contributed by atoms with van der Waals surface area (Å²) in [7, 11) is -1.13. The van der Waals surface area contributed by atoms with Gasteiger partial charge in [0.05, 0.1) is 7.11 Å². The molecule has 1 heterocycles. The molecule has 2 atom stereocenters. The number of esters is 1. The first-order valence-electron chi connectivity index (χ1n) is 4.09. The summed E-state index contributed by atoms with van der Waals surface area (Å²) < 4.78 is 15.0. The van der Waals surface area contributed by atoms with Crippen LogP contribution in [0, 0.1) is 0 Å². The molecule has 1 unspecified atom stereocenters. The Morgan fingerprint density at radius 2 is 2.46 bits per heavy atom. The van der Waals surface area contributed by atoms with Crippen molar-refractivity contribution in [1.29, 1.82) is 0 Å². The van der Waals surface area contributed by atoms with Crippen molar-refractivity contribution in [3.63, 3.8) is 0 Å². The van der Waals surface area contributed by atoms with Gasteiger partial charge in [0.1, 0.15) is 6.04 Å². The van der Waals surface area contributed by atoms with E-state index in [-0.39, 0.29) is 18.3 Å². The van der Waals surface area contributed by atoms with E-state index in [4.69, 9.17) is 0 Å². The minimum absolute atomic E-state index is 0.0465. The maximum atomic E-state index is 11.1. The Balaban J connectivity index is 2.53. The van der Waals surface area contributed by atoms with Gasteiger partial charge in [-0.3, -0.25) is 4.79 Å². The lowest BCUT2D eigenvalue weighted by atomic mass is 10.2. The quantitative estimate of drug-likeness (QED) is 0.466. The van der Waals surface area contributed by atoms with Gasteiger partial charge in [0.2, 0.25) is 0 Å². The standard InChI is InChI=1S/C7H12NO4P/c1-12-7(9)6-3-2-4-8(6)5-13(10)11/h6H,2-5H2,1H3/t6-/m0/s1. The lowest BCUT2D eigenvalue weighted by molar-refractivity contribution is -0.166. The Hall–Kier alpha value is -0.510. The van der Waals surface area contributed by atoms with E-state index >= 15 is 0 Å². The number of ether oxygens (including phenoxy) is 1. The summed E-state index contributed by atoms with van der Waals surface area (Å²) in [4.78, 5) is 23.2. The highest BCUT2D eigenvalue weighted by Crippen LogP contribution is 2.22. The number of carbonyl (C=O) groups excluding carboxylic acids is 1. The molecule has 0 amide bonds. The molecular formula is C7H12NO4P. The van der Waals surface area contributed by atoms with Crippen molar-refractivity contribution in [2.45, 2.75) is 18.9 Å². The van der Waals surface area contributed by atoms with E-state index in [2.05, 4.69) is 4.74 Å². The molecule has 74 valence electrons. The Bertz CT molecular complexity index is 221. The molecule has 0 aromatic rings. The van der Waals surface area contributed by atoms with Crippen molar-refractivity contribution in [3.05, 3.63) is 0 Å². The molecule has 0 spiro atoms. The summed E-state index contributed by atoms with van der Waals surface area (Å²) in [6.07, 6.45) is 1.49. The molecule has 0 N–H and O–H groups in total. The third-order valence-electron chi connectivity index (χ3n) is 2.13. The molecule has 5 nitrogen and oxygen atoms in total. The van der Waals surface area contributed by atoms with Crippen LogP contribution in [0.4, 0.5) is 0 Å².